The fraction of sp³-hybridized carbons (Fsp3) is 0.467. The summed E-state index contributed by atoms with van der Waals surface area (Å²) in [7, 11) is 0. The minimum Gasteiger partial charge on any atom is -0.356 e. The third-order valence-corrected chi connectivity index (χ3v) is 3.77. The van der Waals surface area contributed by atoms with E-state index in [1.54, 1.807) is 4.90 Å². The van der Waals surface area contributed by atoms with Gasteiger partial charge in [-0.1, -0.05) is 0 Å². The van der Waals surface area contributed by atoms with E-state index in [2.05, 4.69) is 5.32 Å². The molecule has 2 rings (SSSR count). The first kappa shape index (κ1) is 15.9. The van der Waals surface area contributed by atoms with Gasteiger partial charge in [-0.3, -0.25) is 19.7 Å². The zero-order valence-electron chi connectivity index (χ0n) is 12.4. The zero-order chi connectivity index (χ0) is 16.1. The minimum atomic E-state index is -0.487. The maximum Gasteiger partial charge on any atom is 0.269 e. The number of likely N-dealkylation sites (tertiary alicyclic amines) is 1. The van der Waals surface area contributed by atoms with Crippen LogP contribution in [0, 0.1) is 16.0 Å². The molecule has 0 radical (unpaired) electrons. The summed E-state index contributed by atoms with van der Waals surface area (Å²) in [5, 5.41) is 13.4. The van der Waals surface area contributed by atoms with Crippen molar-refractivity contribution in [3.05, 3.63) is 39.9 Å². The second-order valence-corrected chi connectivity index (χ2v) is 5.50. The van der Waals surface area contributed by atoms with Gasteiger partial charge in [0.2, 0.25) is 5.91 Å². The molecule has 0 saturated carbocycles. The molecule has 1 fully saturated rings. The Balaban J connectivity index is 1.99. The van der Waals surface area contributed by atoms with E-state index in [1.165, 1.54) is 31.2 Å². The van der Waals surface area contributed by atoms with Crippen molar-refractivity contribution in [3.8, 4) is 0 Å². The van der Waals surface area contributed by atoms with Gasteiger partial charge in [0.15, 0.2) is 0 Å². The number of nitro benzene ring substituents is 1. The summed E-state index contributed by atoms with van der Waals surface area (Å²) < 4.78 is 0. The standard InChI is InChI=1S/C15H19N3O4/c1-11(19)16-9-12-3-2-8-17(10-12)15(20)13-4-6-14(7-5-13)18(21)22/h4-7,12H,2-3,8-10H2,1H3,(H,16,19)/t12-/m1/s1. The summed E-state index contributed by atoms with van der Waals surface area (Å²) >= 11 is 0. The number of benzene rings is 1. The number of carbonyl (C=O) groups is 2. The summed E-state index contributed by atoms with van der Waals surface area (Å²) in [4.78, 5) is 35.3. The highest BCUT2D eigenvalue weighted by Crippen LogP contribution is 2.19. The van der Waals surface area contributed by atoms with Crippen molar-refractivity contribution in [2.75, 3.05) is 19.6 Å². The monoisotopic (exact) mass is 305 g/mol. The van der Waals surface area contributed by atoms with Crippen LogP contribution in [0.3, 0.4) is 0 Å². The normalized spacial score (nSPS) is 17.9. The molecule has 1 atom stereocenters. The van der Waals surface area contributed by atoms with E-state index in [-0.39, 0.29) is 23.4 Å². The minimum absolute atomic E-state index is 0.0290. The number of piperidine rings is 1. The molecular formula is C15H19N3O4. The molecule has 1 aromatic carbocycles. The van der Waals surface area contributed by atoms with Crippen molar-refractivity contribution in [1.29, 1.82) is 0 Å². The third kappa shape index (κ3) is 4.03. The summed E-state index contributed by atoms with van der Waals surface area (Å²) in [6, 6.07) is 5.65. The molecule has 0 aromatic heterocycles. The first-order chi connectivity index (χ1) is 10.5. The van der Waals surface area contributed by atoms with E-state index in [0.29, 0.717) is 25.2 Å². The van der Waals surface area contributed by atoms with Gasteiger partial charge in [-0.05, 0) is 30.9 Å². The maximum atomic E-state index is 12.4. The molecule has 1 N–H and O–H groups in total. The fourth-order valence-electron chi connectivity index (χ4n) is 2.61. The molecule has 7 heteroatoms. The Morgan fingerprint density at radius 1 is 1.36 bits per heavy atom. The first-order valence-electron chi connectivity index (χ1n) is 7.25. The van der Waals surface area contributed by atoms with Crippen LogP contribution >= 0.6 is 0 Å². The Morgan fingerprint density at radius 3 is 2.64 bits per heavy atom. The quantitative estimate of drug-likeness (QED) is 0.675. The molecule has 118 valence electrons. The average molecular weight is 305 g/mol. The molecule has 1 aliphatic rings. The second-order valence-electron chi connectivity index (χ2n) is 5.50. The number of amides is 2. The van der Waals surface area contributed by atoms with E-state index in [4.69, 9.17) is 0 Å². The molecule has 0 aliphatic carbocycles. The average Bonchev–Trinajstić information content (AvgIpc) is 2.52. The topological polar surface area (TPSA) is 92.6 Å². The third-order valence-electron chi connectivity index (χ3n) is 3.77. The lowest BCUT2D eigenvalue weighted by molar-refractivity contribution is -0.384. The number of nitrogens with zero attached hydrogens (tertiary/aromatic N) is 2. The lowest BCUT2D eigenvalue weighted by Gasteiger charge is -2.32. The van der Waals surface area contributed by atoms with Gasteiger partial charge in [0, 0.05) is 44.3 Å². The number of nitro groups is 1. The van der Waals surface area contributed by atoms with Crippen molar-refractivity contribution < 1.29 is 14.5 Å². The molecule has 2 amide bonds. The van der Waals surface area contributed by atoms with Crippen LogP contribution in [0.15, 0.2) is 24.3 Å². The van der Waals surface area contributed by atoms with E-state index >= 15 is 0 Å². The summed E-state index contributed by atoms with van der Waals surface area (Å²) in [5.41, 5.74) is 0.421. The number of non-ortho nitro benzene ring substituents is 1. The SMILES string of the molecule is CC(=O)NC[C@H]1CCCN(C(=O)c2ccc([N+](=O)[O-])cc2)C1. The summed E-state index contributed by atoms with van der Waals surface area (Å²) in [5.74, 6) is 0.0564. The molecule has 0 unspecified atom stereocenters. The van der Waals surface area contributed by atoms with Crippen molar-refractivity contribution in [2.24, 2.45) is 5.92 Å². The van der Waals surface area contributed by atoms with Crippen LogP contribution < -0.4 is 5.32 Å². The molecule has 1 aromatic rings. The predicted octanol–water partition coefficient (Wildman–Crippen LogP) is 1.58. The second kappa shape index (κ2) is 7.02. The van der Waals surface area contributed by atoms with Crippen LogP contribution in [0.4, 0.5) is 5.69 Å². The van der Waals surface area contributed by atoms with Crippen molar-refractivity contribution >= 4 is 17.5 Å². The van der Waals surface area contributed by atoms with Gasteiger partial charge in [-0.25, -0.2) is 0 Å². The highest BCUT2D eigenvalue weighted by Gasteiger charge is 2.24. The Bertz CT molecular complexity index is 571. The first-order valence-corrected chi connectivity index (χ1v) is 7.25. The van der Waals surface area contributed by atoms with Crippen LogP contribution in [0.1, 0.15) is 30.1 Å². The van der Waals surface area contributed by atoms with Crippen LogP contribution in [-0.2, 0) is 4.79 Å². The van der Waals surface area contributed by atoms with Gasteiger partial charge in [0.25, 0.3) is 11.6 Å². The van der Waals surface area contributed by atoms with Gasteiger partial charge < -0.3 is 10.2 Å². The van der Waals surface area contributed by atoms with Crippen LogP contribution in [0.2, 0.25) is 0 Å². The van der Waals surface area contributed by atoms with Gasteiger partial charge in [0.1, 0.15) is 0 Å². The number of hydrogen-bond acceptors (Lipinski definition) is 4. The molecule has 22 heavy (non-hydrogen) atoms. The van der Waals surface area contributed by atoms with Gasteiger partial charge in [-0.15, -0.1) is 0 Å². The maximum absolute atomic E-state index is 12.4. The lowest BCUT2D eigenvalue weighted by Crippen LogP contribution is -2.43. The van der Waals surface area contributed by atoms with Gasteiger partial charge >= 0.3 is 0 Å². The van der Waals surface area contributed by atoms with E-state index in [9.17, 15) is 19.7 Å². The Hall–Kier alpha value is -2.44. The Kier molecular flexibility index (Phi) is 5.08. The zero-order valence-corrected chi connectivity index (χ0v) is 12.4. The van der Waals surface area contributed by atoms with Crippen LogP contribution in [0.25, 0.3) is 0 Å². The Morgan fingerprint density at radius 2 is 2.05 bits per heavy atom. The molecule has 7 nitrogen and oxygen atoms in total. The number of rotatable bonds is 4. The van der Waals surface area contributed by atoms with E-state index in [0.717, 1.165) is 12.8 Å². The van der Waals surface area contributed by atoms with Gasteiger partial charge in [-0.2, -0.15) is 0 Å². The summed E-state index contributed by atoms with van der Waals surface area (Å²) in [6.07, 6.45) is 1.87. The van der Waals surface area contributed by atoms with Crippen LogP contribution in [0.5, 0.6) is 0 Å². The highest BCUT2D eigenvalue weighted by atomic mass is 16.6. The predicted molar refractivity (Wildman–Crippen MR) is 80.4 cm³/mol. The lowest BCUT2D eigenvalue weighted by atomic mass is 9.97. The van der Waals surface area contributed by atoms with Gasteiger partial charge in [0.05, 0.1) is 4.92 Å². The largest absolute Gasteiger partial charge is 0.356 e. The molecule has 0 spiro atoms. The molecule has 1 aliphatic heterocycles. The van der Waals surface area contributed by atoms with E-state index < -0.39 is 4.92 Å². The fourth-order valence-corrected chi connectivity index (χ4v) is 2.61. The number of hydrogen-bond donors (Lipinski definition) is 1. The Labute approximate surface area is 128 Å². The van der Waals surface area contributed by atoms with E-state index in [1.807, 2.05) is 0 Å². The van der Waals surface area contributed by atoms with Crippen LogP contribution in [-0.4, -0.2) is 41.3 Å². The molecule has 0 bridgehead atoms. The highest BCUT2D eigenvalue weighted by molar-refractivity contribution is 5.94. The van der Waals surface area contributed by atoms with Crippen molar-refractivity contribution in [1.82, 2.24) is 10.2 Å². The smallest absolute Gasteiger partial charge is 0.269 e. The molecule has 1 saturated heterocycles. The number of nitrogens with one attached hydrogen (secondary N) is 1. The van der Waals surface area contributed by atoms with Crippen molar-refractivity contribution in [2.45, 2.75) is 19.8 Å². The molecule has 1 heterocycles. The molecular weight excluding hydrogens is 286 g/mol. The van der Waals surface area contributed by atoms with Crippen molar-refractivity contribution in [3.63, 3.8) is 0 Å². The number of carbonyl (C=O) groups excluding carboxylic acids is 2. The summed E-state index contributed by atoms with van der Waals surface area (Å²) in [6.45, 7) is 3.31.